The zero-order valence-electron chi connectivity index (χ0n) is 18.1. The summed E-state index contributed by atoms with van der Waals surface area (Å²) in [7, 11) is 0. The Labute approximate surface area is 205 Å². The van der Waals surface area contributed by atoms with Gasteiger partial charge in [-0.25, -0.2) is 14.1 Å². The Kier molecular flexibility index (Phi) is 6.96. The molecule has 0 bridgehead atoms. The second-order valence-corrected chi connectivity index (χ2v) is 11.6. The third-order valence-electron chi connectivity index (χ3n) is 4.74. The van der Waals surface area contributed by atoms with Crippen LogP contribution >= 0.6 is 46.3 Å². The van der Waals surface area contributed by atoms with Crippen LogP contribution in [0, 0.1) is 5.82 Å². The lowest BCUT2D eigenvalue weighted by Crippen LogP contribution is -1.97. The molecule has 166 valence electrons. The molecule has 0 aliphatic carbocycles. The van der Waals surface area contributed by atoms with Crippen molar-refractivity contribution >= 4 is 46.3 Å². The van der Waals surface area contributed by atoms with E-state index in [-0.39, 0.29) is 11.7 Å². The van der Waals surface area contributed by atoms with E-state index in [9.17, 15) is 4.39 Å². The van der Waals surface area contributed by atoms with E-state index in [1.807, 2.05) is 24.4 Å². The Morgan fingerprint density at radius 3 is 2.44 bits per heavy atom. The predicted octanol–water partition coefficient (Wildman–Crippen LogP) is 8.73. The number of halogens is 3. The maximum Gasteiger partial charge on any atom is 0.211 e. The van der Waals surface area contributed by atoms with E-state index in [1.165, 1.54) is 12.1 Å². The highest BCUT2D eigenvalue weighted by molar-refractivity contribution is 8.01. The van der Waals surface area contributed by atoms with Crippen molar-refractivity contribution in [3.8, 4) is 27.5 Å². The van der Waals surface area contributed by atoms with E-state index < -0.39 is 0 Å². The van der Waals surface area contributed by atoms with Crippen LogP contribution in [0.4, 0.5) is 4.39 Å². The summed E-state index contributed by atoms with van der Waals surface area (Å²) in [5, 5.41) is 6.97. The molecule has 32 heavy (non-hydrogen) atoms. The summed E-state index contributed by atoms with van der Waals surface area (Å²) >= 11 is 15.7. The molecule has 2 heterocycles. The molecule has 0 N–H and O–H groups in total. The lowest BCUT2D eigenvalue weighted by atomic mass is 10.0. The van der Waals surface area contributed by atoms with Gasteiger partial charge in [-0.15, -0.1) is 11.8 Å². The summed E-state index contributed by atoms with van der Waals surface area (Å²) in [4.78, 5) is 4.92. The molecule has 0 saturated heterocycles. The number of hydrogen-bond donors (Lipinski definition) is 0. The van der Waals surface area contributed by atoms with E-state index in [4.69, 9.17) is 33.3 Å². The number of hydrogen-bond acceptors (Lipinski definition) is 4. The normalized spacial score (nSPS) is 11.7. The Balaban J connectivity index is 1.84. The van der Waals surface area contributed by atoms with Gasteiger partial charge in [0, 0.05) is 22.6 Å². The number of aromatic nitrogens is 3. The molecular formula is C24H22Cl2FN3S2. The van der Waals surface area contributed by atoms with Crippen molar-refractivity contribution in [2.24, 2.45) is 0 Å². The Hall–Kier alpha value is -1.86. The van der Waals surface area contributed by atoms with Crippen LogP contribution in [0.25, 0.3) is 27.5 Å². The van der Waals surface area contributed by atoms with E-state index in [0.29, 0.717) is 15.3 Å². The molecule has 0 atom stereocenters. The minimum atomic E-state index is -0.267. The van der Waals surface area contributed by atoms with E-state index in [1.54, 1.807) is 39.9 Å². The number of thioether (sulfide) groups is 1. The van der Waals surface area contributed by atoms with Gasteiger partial charge in [-0.3, -0.25) is 0 Å². The maximum absolute atomic E-state index is 13.9. The van der Waals surface area contributed by atoms with Crippen LogP contribution in [0.1, 0.15) is 39.3 Å². The van der Waals surface area contributed by atoms with Crippen LogP contribution in [-0.4, -0.2) is 20.0 Å². The number of rotatable bonds is 6. The van der Waals surface area contributed by atoms with Gasteiger partial charge in [0.2, 0.25) is 5.13 Å². The van der Waals surface area contributed by atoms with Gasteiger partial charge in [0.05, 0.1) is 25.6 Å². The van der Waals surface area contributed by atoms with E-state index in [0.717, 1.165) is 37.4 Å². The van der Waals surface area contributed by atoms with Gasteiger partial charge < -0.3 is 0 Å². The first-order valence-corrected chi connectivity index (χ1v) is 12.7. The quantitative estimate of drug-likeness (QED) is 0.245. The van der Waals surface area contributed by atoms with E-state index in [2.05, 4.69) is 27.7 Å². The molecule has 2 aromatic heterocycles. The topological polar surface area (TPSA) is 30.7 Å². The van der Waals surface area contributed by atoms with Crippen molar-refractivity contribution in [3.63, 3.8) is 0 Å². The zero-order valence-corrected chi connectivity index (χ0v) is 21.2. The maximum atomic E-state index is 13.9. The largest absolute Gasteiger partial charge is 0.217 e. The average Bonchev–Trinajstić information content (AvgIpc) is 3.34. The molecule has 0 amide bonds. The highest BCUT2D eigenvalue weighted by Crippen LogP contribution is 2.41. The highest BCUT2D eigenvalue weighted by atomic mass is 35.5. The number of benzene rings is 2. The van der Waals surface area contributed by atoms with Crippen LogP contribution in [-0.2, 0) is 0 Å². The van der Waals surface area contributed by atoms with Crippen LogP contribution in [0.5, 0.6) is 0 Å². The fourth-order valence-electron chi connectivity index (χ4n) is 3.30. The summed E-state index contributed by atoms with van der Waals surface area (Å²) < 4.78 is 16.8. The highest BCUT2D eigenvalue weighted by Gasteiger charge is 2.21. The summed E-state index contributed by atoms with van der Waals surface area (Å²) in [6.07, 6.45) is 1.94. The number of nitrogens with zero attached hydrogens (tertiary/aromatic N) is 3. The Morgan fingerprint density at radius 1 is 1.00 bits per heavy atom. The fraction of sp³-hybridized carbons (Fsp3) is 0.250. The van der Waals surface area contributed by atoms with Gasteiger partial charge in [-0.05, 0) is 35.7 Å². The van der Waals surface area contributed by atoms with Crippen molar-refractivity contribution in [3.05, 3.63) is 70.2 Å². The Morgan fingerprint density at radius 2 is 1.78 bits per heavy atom. The molecule has 0 unspecified atom stereocenters. The molecule has 0 spiro atoms. The van der Waals surface area contributed by atoms with Gasteiger partial charge in [0.1, 0.15) is 5.82 Å². The second kappa shape index (κ2) is 9.56. The molecule has 0 saturated carbocycles. The molecule has 8 heteroatoms. The standard InChI is InChI=1S/C24H22Cl2FN3S2/c1-13(2)21-18(15-6-5-7-17(27)10-15)12-30(29-21)24-28-22(23(32-24)31-14(3)4)16-8-9-19(25)20(26)11-16/h5-14H,1-4H3. The first-order valence-electron chi connectivity index (χ1n) is 10.2. The number of thiazole rings is 1. The van der Waals surface area contributed by atoms with Crippen molar-refractivity contribution in [2.75, 3.05) is 0 Å². The smallest absolute Gasteiger partial charge is 0.211 e. The van der Waals surface area contributed by atoms with Gasteiger partial charge in [-0.1, -0.05) is 80.4 Å². The predicted molar refractivity (Wildman–Crippen MR) is 135 cm³/mol. The molecule has 0 fully saturated rings. The third kappa shape index (κ3) is 4.88. The molecule has 2 aromatic carbocycles. The fourth-order valence-corrected chi connectivity index (χ4v) is 6.05. The molecule has 0 aliphatic heterocycles. The lowest BCUT2D eigenvalue weighted by molar-refractivity contribution is 0.628. The zero-order chi connectivity index (χ0) is 23.0. The van der Waals surface area contributed by atoms with Gasteiger partial charge in [-0.2, -0.15) is 5.10 Å². The van der Waals surface area contributed by atoms with Crippen molar-refractivity contribution < 1.29 is 4.39 Å². The summed E-state index contributed by atoms with van der Waals surface area (Å²) in [6.45, 7) is 8.46. The molecular weight excluding hydrogens is 484 g/mol. The minimum Gasteiger partial charge on any atom is -0.217 e. The molecule has 4 rings (SSSR count). The van der Waals surface area contributed by atoms with Crippen molar-refractivity contribution in [1.82, 2.24) is 14.8 Å². The van der Waals surface area contributed by atoms with Crippen molar-refractivity contribution in [1.29, 1.82) is 0 Å². The first-order chi connectivity index (χ1) is 15.2. The SMILES string of the molecule is CC(C)Sc1sc(-n2cc(-c3cccc(F)c3)c(C(C)C)n2)nc1-c1ccc(Cl)c(Cl)c1. The van der Waals surface area contributed by atoms with Crippen LogP contribution in [0.2, 0.25) is 10.0 Å². The second-order valence-electron chi connectivity index (χ2n) is 7.97. The first kappa shape index (κ1) is 23.3. The van der Waals surface area contributed by atoms with Gasteiger partial charge in [0.15, 0.2) is 0 Å². The van der Waals surface area contributed by atoms with Gasteiger partial charge in [0.25, 0.3) is 0 Å². The van der Waals surface area contributed by atoms with Crippen molar-refractivity contribution in [2.45, 2.75) is 43.1 Å². The Bertz CT molecular complexity index is 1260. The molecule has 3 nitrogen and oxygen atoms in total. The van der Waals surface area contributed by atoms with E-state index >= 15 is 0 Å². The molecule has 0 aliphatic rings. The summed E-state index contributed by atoms with van der Waals surface area (Å²) in [5.74, 6) is -0.0924. The minimum absolute atomic E-state index is 0.175. The lowest BCUT2D eigenvalue weighted by Gasteiger charge is -2.05. The summed E-state index contributed by atoms with van der Waals surface area (Å²) in [6, 6.07) is 12.2. The van der Waals surface area contributed by atoms with Crippen LogP contribution in [0.15, 0.2) is 52.9 Å². The van der Waals surface area contributed by atoms with Crippen LogP contribution in [0.3, 0.4) is 0 Å². The summed E-state index contributed by atoms with van der Waals surface area (Å²) in [5.41, 5.74) is 4.38. The van der Waals surface area contributed by atoms with Gasteiger partial charge >= 0.3 is 0 Å². The van der Waals surface area contributed by atoms with Crippen LogP contribution < -0.4 is 0 Å². The average molecular weight is 506 g/mol. The molecule has 0 radical (unpaired) electrons. The molecule has 4 aromatic rings. The third-order valence-corrected chi connectivity index (χ3v) is 7.74. The monoisotopic (exact) mass is 505 g/mol.